The summed E-state index contributed by atoms with van der Waals surface area (Å²) in [5.41, 5.74) is 9.43. The molecule has 36 heavy (non-hydrogen) atoms. The predicted molar refractivity (Wildman–Crippen MR) is 134 cm³/mol. The number of carbonyl (C=O) groups is 2. The summed E-state index contributed by atoms with van der Waals surface area (Å²) in [6.45, 7) is 1.49. The summed E-state index contributed by atoms with van der Waals surface area (Å²) in [6, 6.07) is 16.0. The minimum atomic E-state index is -2.78. The number of aryl methyl sites for hydroxylation is 1. The molecule has 0 aliphatic carbocycles. The zero-order valence-electron chi connectivity index (χ0n) is 19.7. The van der Waals surface area contributed by atoms with Gasteiger partial charge in [0.25, 0.3) is 11.8 Å². The standard InChI is InChI=1S/C27H26F2N4O3/c1-18-14-22(20-4-6-21(7-5-20)26(35)33-16-27(28,29)17-33)8-9-23(18)36-13-12-31-25(34)11-3-19-2-10-24(30)32-15-19/h2-11,14-15H,12-13,16-17H2,1H3,(H2,30,32)(H,31,34)/b11-3+. The molecule has 3 N–H and O–H groups in total. The second-order valence-electron chi connectivity index (χ2n) is 8.56. The largest absolute Gasteiger partial charge is 0.491 e. The van der Waals surface area contributed by atoms with Crippen LogP contribution in [0.25, 0.3) is 17.2 Å². The van der Waals surface area contributed by atoms with Crippen LogP contribution in [0.4, 0.5) is 14.6 Å². The van der Waals surface area contributed by atoms with Crippen LogP contribution >= 0.6 is 0 Å². The molecule has 1 saturated heterocycles. The van der Waals surface area contributed by atoms with Crippen LogP contribution in [0.3, 0.4) is 0 Å². The lowest BCUT2D eigenvalue weighted by Crippen LogP contribution is -2.58. The van der Waals surface area contributed by atoms with Gasteiger partial charge in [0.05, 0.1) is 19.6 Å². The third-order valence-corrected chi connectivity index (χ3v) is 5.67. The number of nitrogens with two attached hydrogens (primary N) is 1. The van der Waals surface area contributed by atoms with Gasteiger partial charge in [0.2, 0.25) is 5.91 Å². The highest BCUT2D eigenvalue weighted by Gasteiger charge is 2.46. The fourth-order valence-corrected chi connectivity index (χ4v) is 3.72. The smallest absolute Gasteiger partial charge is 0.282 e. The van der Waals surface area contributed by atoms with Crippen LogP contribution in [0.1, 0.15) is 21.5 Å². The van der Waals surface area contributed by atoms with E-state index in [1.807, 2.05) is 25.1 Å². The van der Waals surface area contributed by atoms with Crippen LogP contribution in [0.2, 0.25) is 0 Å². The Morgan fingerprint density at radius 2 is 1.83 bits per heavy atom. The van der Waals surface area contributed by atoms with Gasteiger partial charge in [-0.25, -0.2) is 13.8 Å². The lowest BCUT2D eigenvalue weighted by Gasteiger charge is -2.38. The summed E-state index contributed by atoms with van der Waals surface area (Å²) in [5.74, 6) is -2.30. The normalized spacial score (nSPS) is 14.4. The molecule has 1 aromatic heterocycles. The number of benzene rings is 2. The van der Waals surface area contributed by atoms with Crippen molar-refractivity contribution in [2.75, 3.05) is 32.0 Å². The van der Waals surface area contributed by atoms with Crippen LogP contribution in [0.15, 0.2) is 66.9 Å². The molecule has 0 bridgehead atoms. The average Bonchev–Trinajstić information content (AvgIpc) is 2.85. The number of hydrogen-bond acceptors (Lipinski definition) is 5. The Morgan fingerprint density at radius 1 is 1.11 bits per heavy atom. The quantitative estimate of drug-likeness (QED) is 0.367. The summed E-state index contributed by atoms with van der Waals surface area (Å²) in [5, 5.41) is 2.76. The maximum absolute atomic E-state index is 13.0. The Morgan fingerprint density at radius 3 is 2.47 bits per heavy atom. The van der Waals surface area contributed by atoms with Gasteiger partial charge in [0, 0.05) is 17.8 Å². The fourth-order valence-electron chi connectivity index (χ4n) is 3.72. The maximum atomic E-state index is 13.0. The van der Waals surface area contributed by atoms with Crippen molar-refractivity contribution in [3.05, 3.63) is 83.6 Å². The van der Waals surface area contributed by atoms with E-state index in [9.17, 15) is 18.4 Å². The molecular weight excluding hydrogens is 466 g/mol. The van der Waals surface area contributed by atoms with E-state index in [0.717, 1.165) is 27.2 Å². The number of pyridine rings is 1. The first-order valence-corrected chi connectivity index (χ1v) is 11.4. The zero-order valence-corrected chi connectivity index (χ0v) is 19.7. The number of carbonyl (C=O) groups excluding carboxylic acids is 2. The highest BCUT2D eigenvalue weighted by atomic mass is 19.3. The molecule has 2 aromatic carbocycles. The number of nitrogens with one attached hydrogen (secondary N) is 1. The predicted octanol–water partition coefficient (Wildman–Crippen LogP) is 3.94. The molecule has 2 heterocycles. The van der Waals surface area contributed by atoms with Gasteiger partial charge >= 0.3 is 0 Å². The number of amides is 2. The van der Waals surface area contributed by atoms with Gasteiger partial charge in [-0.15, -0.1) is 0 Å². The van der Waals surface area contributed by atoms with E-state index in [0.29, 0.717) is 30.3 Å². The number of ether oxygens (including phenoxy) is 1. The van der Waals surface area contributed by atoms with Gasteiger partial charge in [-0.2, -0.15) is 0 Å². The molecule has 0 radical (unpaired) electrons. The van der Waals surface area contributed by atoms with Gasteiger partial charge < -0.3 is 20.7 Å². The van der Waals surface area contributed by atoms with Crippen molar-refractivity contribution in [2.24, 2.45) is 0 Å². The Hall–Kier alpha value is -4.27. The SMILES string of the molecule is Cc1cc(-c2ccc(C(=O)N3CC(F)(F)C3)cc2)ccc1OCCNC(=O)/C=C/c1ccc(N)nc1. The van der Waals surface area contributed by atoms with Gasteiger partial charge in [-0.05, 0) is 71.7 Å². The van der Waals surface area contributed by atoms with E-state index < -0.39 is 24.9 Å². The highest BCUT2D eigenvalue weighted by molar-refractivity contribution is 5.95. The molecule has 0 saturated carbocycles. The molecular formula is C27H26F2N4O3. The van der Waals surface area contributed by atoms with Crippen molar-refractivity contribution in [1.29, 1.82) is 0 Å². The van der Waals surface area contributed by atoms with Crippen LogP contribution in [-0.4, -0.2) is 53.9 Å². The van der Waals surface area contributed by atoms with E-state index in [4.69, 9.17) is 10.5 Å². The van der Waals surface area contributed by atoms with Crippen molar-refractivity contribution in [3.63, 3.8) is 0 Å². The van der Waals surface area contributed by atoms with Crippen LogP contribution in [0, 0.1) is 6.92 Å². The van der Waals surface area contributed by atoms with Crippen molar-refractivity contribution < 1.29 is 23.1 Å². The van der Waals surface area contributed by atoms with Gasteiger partial charge in [-0.3, -0.25) is 9.59 Å². The molecule has 0 unspecified atom stereocenters. The topological polar surface area (TPSA) is 97.5 Å². The number of nitrogens with zero attached hydrogens (tertiary/aromatic N) is 2. The number of halogens is 2. The van der Waals surface area contributed by atoms with Crippen molar-refractivity contribution in [3.8, 4) is 16.9 Å². The van der Waals surface area contributed by atoms with E-state index in [-0.39, 0.29) is 5.91 Å². The molecule has 186 valence electrons. The number of alkyl halides is 2. The lowest BCUT2D eigenvalue weighted by molar-refractivity contribution is -0.116. The second-order valence-corrected chi connectivity index (χ2v) is 8.56. The summed E-state index contributed by atoms with van der Waals surface area (Å²) in [7, 11) is 0. The van der Waals surface area contributed by atoms with E-state index in [1.165, 1.54) is 6.08 Å². The van der Waals surface area contributed by atoms with Gasteiger partial charge in [0.1, 0.15) is 18.2 Å². The Bertz CT molecular complexity index is 1270. The van der Waals surface area contributed by atoms with Crippen LogP contribution in [0.5, 0.6) is 5.75 Å². The van der Waals surface area contributed by atoms with E-state index >= 15 is 0 Å². The maximum Gasteiger partial charge on any atom is 0.282 e. The van der Waals surface area contributed by atoms with Crippen molar-refractivity contribution in [1.82, 2.24) is 15.2 Å². The molecule has 1 aliphatic rings. The first kappa shape index (κ1) is 24.8. The summed E-state index contributed by atoms with van der Waals surface area (Å²) in [6.07, 6.45) is 4.65. The van der Waals surface area contributed by atoms with Crippen molar-refractivity contribution in [2.45, 2.75) is 12.8 Å². The summed E-state index contributed by atoms with van der Waals surface area (Å²) < 4.78 is 31.8. The zero-order chi connectivity index (χ0) is 25.7. The second kappa shape index (κ2) is 10.6. The Balaban J connectivity index is 1.25. The number of rotatable bonds is 8. The first-order valence-electron chi connectivity index (χ1n) is 11.4. The minimum absolute atomic E-state index is 0.243. The van der Waals surface area contributed by atoms with E-state index in [1.54, 1.807) is 48.7 Å². The van der Waals surface area contributed by atoms with Crippen LogP contribution in [-0.2, 0) is 4.79 Å². The molecule has 1 fully saturated rings. The van der Waals surface area contributed by atoms with Crippen LogP contribution < -0.4 is 15.8 Å². The number of aromatic nitrogens is 1. The molecule has 3 aromatic rings. The molecule has 0 spiro atoms. The Kier molecular flexibility index (Phi) is 7.28. The first-order chi connectivity index (χ1) is 17.2. The number of likely N-dealkylation sites (tertiary alicyclic amines) is 1. The monoisotopic (exact) mass is 492 g/mol. The average molecular weight is 493 g/mol. The number of nitrogen functional groups attached to an aromatic ring is 1. The Labute approximate surface area is 207 Å². The lowest BCUT2D eigenvalue weighted by atomic mass is 10.0. The number of hydrogen-bond donors (Lipinski definition) is 2. The molecule has 4 rings (SSSR count). The van der Waals surface area contributed by atoms with Gasteiger partial charge in [-0.1, -0.05) is 18.2 Å². The van der Waals surface area contributed by atoms with E-state index in [2.05, 4.69) is 10.3 Å². The highest BCUT2D eigenvalue weighted by Crippen LogP contribution is 2.29. The molecule has 0 atom stereocenters. The molecule has 9 heteroatoms. The number of anilines is 1. The van der Waals surface area contributed by atoms with Gasteiger partial charge in [0.15, 0.2) is 0 Å². The molecule has 1 aliphatic heterocycles. The fraction of sp³-hybridized carbons (Fsp3) is 0.222. The summed E-state index contributed by atoms with van der Waals surface area (Å²) >= 11 is 0. The molecule has 2 amide bonds. The minimum Gasteiger partial charge on any atom is -0.491 e. The third kappa shape index (κ3) is 6.24. The molecule has 7 nitrogen and oxygen atoms in total. The van der Waals surface area contributed by atoms with Crippen molar-refractivity contribution >= 4 is 23.7 Å². The third-order valence-electron chi connectivity index (χ3n) is 5.67. The summed E-state index contributed by atoms with van der Waals surface area (Å²) in [4.78, 5) is 29.3.